The van der Waals surface area contributed by atoms with Gasteiger partial charge in [-0.15, -0.1) is 0 Å². The highest BCUT2D eigenvalue weighted by Crippen LogP contribution is 2.30. The molecule has 1 saturated carbocycles. The number of aryl methyl sites for hydroxylation is 2. The Morgan fingerprint density at radius 2 is 1.83 bits per heavy atom. The van der Waals surface area contributed by atoms with E-state index < -0.39 is 0 Å². The smallest absolute Gasteiger partial charge is 0.171 e. The molecule has 0 aliphatic heterocycles. The van der Waals surface area contributed by atoms with Gasteiger partial charge in [-0.2, -0.15) is 0 Å². The van der Waals surface area contributed by atoms with Gasteiger partial charge in [0.25, 0.3) is 0 Å². The Labute approximate surface area is 114 Å². The van der Waals surface area contributed by atoms with E-state index in [4.69, 9.17) is 11.6 Å². The van der Waals surface area contributed by atoms with Gasteiger partial charge in [0.2, 0.25) is 0 Å². The Morgan fingerprint density at radius 1 is 1.17 bits per heavy atom. The van der Waals surface area contributed by atoms with Crippen LogP contribution in [0.5, 0.6) is 0 Å². The third-order valence-corrected chi connectivity index (χ3v) is 4.35. The predicted molar refractivity (Wildman–Crippen MR) is 76.1 cm³/mol. The topological polar surface area (TPSA) is 37.8 Å². The molecular weight excluding hydrogens is 246 g/mol. The number of hydrogen-bond donors (Lipinski definition) is 1. The van der Waals surface area contributed by atoms with E-state index in [9.17, 15) is 0 Å². The molecule has 0 spiro atoms. The van der Waals surface area contributed by atoms with Crippen molar-refractivity contribution < 1.29 is 0 Å². The molecule has 1 N–H and O–H groups in total. The van der Waals surface area contributed by atoms with E-state index in [0.717, 1.165) is 35.6 Å². The summed E-state index contributed by atoms with van der Waals surface area (Å²) in [5.74, 6) is 2.26. The Kier molecular flexibility index (Phi) is 4.44. The first-order valence-corrected chi connectivity index (χ1v) is 7.20. The molecule has 1 aromatic rings. The van der Waals surface area contributed by atoms with E-state index in [1.807, 2.05) is 13.8 Å². The fraction of sp³-hybridized carbons (Fsp3) is 0.714. The number of hydrogen-bond acceptors (Lipinski definition) is 3. The van der Waals surface area contributed by atoms with E-state index in [2.05, 4.69) is 22.2 Å². The minimum absolute atomic E-state index is 0.488. The molecule has 0 aromatic carbocycles. The second-order valence-corrected chi connectivity index (χ2v) is 5.79. The second-order valence-electron chi connectivity index (χ2n) is 5.44. The first-order chi connectivity index (χ1) is 8.58. The summed E-state index contributed by atoms with van der Waals surface area (Å²) in [6.45, 7) is 7.20. The lowest BCUT2D eigenvalue weighted by Crippen LogP contribution is -2.25. The lowest BCUT2D eigenvalue weighted by Gasteiger charge is -2.29. The van der Waals surface area contributed by atoms with Gasteiger partial charge in [0.05, 0.1) is 11.4 Å². The lowest BCUT2D eigenvalue weighted by atomic mass is 9.80. The van der Waals surface area contributed by atoms with Crippen molar-refractivity contribution >= 4 is 17.4 Å². The molecule has 0 bridgehead atoms. The summed E-state index contributed by atoms with van der Waals surface area (Å²) in [6.07, 6.45) is 5.38. The predicted octanol–water partition coefficient (Wildman–Crippen LogP) is 3.99. The molecule has 2 rings (SSSR count). The number of aromatic nitrogens is 2. The molecule has 4 heteroatoms. The Hall–Kier alpha value is -0.830. The zero-order valence-corrected chi connectivity index (χ0v) is 12.2. The van der Waals surface area contributed by atoms with E-state index in [0.29, 0.717) is 5.15 Å². The summed E-state index contributed by atoms with van der Waals surface area (Å²) < 4.78 is 0. The van der Waals surface area contributed by atoms with Gasteiger partial charge < -0.3 is 5.32 Å². The normalized spacial score (nSPS) is 24.0. The van der Waals surface area contributed by atoms with Crippen LogP contribution in [-0.2, 0) is 0 Å². The van der Waals surface area contributed by atoms with E-state index >= 15 is 0 Å². The molecular formula is C14H22ClN3. The molecule has 0 radical (unpaired) electrons. The minimum Gasteiger partial charge on any atom is -0.367 e. The molecule has 1 aromatic heterocycles. The van der Waals surface area contributed by atoms with Gasteiger partial charge in [-0.05, 0) is 32.1 Å². The van der Waals surface area contributed by atoms with Crippen molar-refractivity contribution in [3.63, 3.8) is 0 Å². The summed E-state index contributed by atoms with van der Waals surface area (Å²) in [5, 5.41) is 3.86. The fourth-order valence-corrected chi connectivity index (χ4v) is 2.85. The van der Waals surface area contributed by atoms with Crippen LogP contribution < -0.4 is 5.32 Å². The highest BCUT2D eigenvalue weighted by atomic mass is 35.5. The van der Waals surface area contributed by atoms with Crippen LogP contribution in [0, 0.1) is 25.7 Å². The number of rotatable bonds is 3. The maximum Gasteiger partial charge on any atom is 0.171 e. The van der Waals surface area contributed by atoms with Crippen molar-refractivity contribution in [3.05, 3.63) is 16.5 Å². The highest BCUT2D eigenvalue weighted by Gasteiger charge is 2.21. The molecule has 3 nitrogen and oxygen atoms in total. The summed E-state index contributed by atoms with van der Waals surface area (Å²) in [6, 6.07) is 0. The quantitative estimate of drug-likeness (QED) is 0.900. The molecule has 1 heterocycles. The van der Waals surface area contributed by atoms with Crippen molar-refractivity contribution in [1.82, 2.24) is 9.97 Å². The average Bonchev–Trinajstić information content (AvgIpc) is 2.34. The van der Waals surface area contributed by atoms with Gasteiger partial charge in [0, 0.05) is 6.54 Å². The molecule has 1 aliphatic carbocycles. The lowest BCUT2D eigenvalue weighted by molar-refractivity contribution is 0.268. The molecule has 2 atom stereocenters. The first-order valence-electron chi connectivity index (χ1n) is 6.82. The van der Waals surface area contributed by atoms with Gasteiger partial charge in [0.15, 0.2) is 11.0 Å². The van der Waals surface area contributed by atoms with Crippen molar-refractivity contribution in [2.75, 3.05) is 11.9 Å². The van der Waals surface area contributed by atoms with E-state index in [-0.39, 0.29) is 0 Å². The van der Waals surface area contributed by atoms with Crippen LogP contribution in [0.25, 0.3) is 0 Å². The van der Waals surface area contributed by atoms with Crippen LogP contribution in [0.1, 0.15) is 44.0 Å². The minimum atomic E-state index is 0.488. The zero-order valence-electron chi connectivity index (χ0n) is 11.5. The number of nitrogens with one attached hydrogen (secondary N) is 1. The molecule has 100 valence electrons. The number of halogens is 1. The molecule has 2 unspecified atom stereocenters. The van der Waals surface area contributed by atoms with Crippen LogP contribution in [0.15, 0.2) is 0 Å². The second kappa shape index (κ2) is 5.87. The summed E-state index contributed by atoms with van der Waals surface area (Å²) in [4.78, 5) is 8.77. The van der Waals surface area contributed by atoms with Gasteiger partial charge in [-0.25, -0.2) is 9.97 Å². The van der Waals surface area contributed by atoms with Crippen molar-refractivity contribution in [2.24, 2.45) is 11.8 Å². The van der Waals surface area contributed by atoms with Gasteiger partial charge in [0.1, 0.15) is 0 Å². The maximum atomic E-state index is 6.12. The van der Waals surface area contributed by atoms with Crippen molar-refractivity contribution in [3.8, 4) is 0 Å². The van der Waals surface area contributed by atoms with Crippen LogP contribution >= 0.6 is 11.6 Å². The van der Waals surface area contributed by atoms with Crippen LogP contribution in [0.3, 0.4) is 0 Å². The largest absolute Gasteiger partial charge is 0.367 e. The number of anilines is 1. The van der Waals surface area contributed by atoms with Gasteiger partial charge >= 0.3 is 0 Å². The summed E-state index contributed by atoms with van der Waals surface area (Å²) in [5.41, 5.74) is 1.84. The van der Waals surface area contributed by atoms with Crippen LogP contribution in [0.4, 0.5) is 5.82 Å². The summed E-state index contributed by atoms with van der Waals surface area (Å²) in [7, 11) is 0. The zero-order chi connectivity index (χ0) is 13.1. The SMILES string of the molecule is Cc1nc(Cl)c(NCC2CCCCC2C)nc1C. The van der Waals surface area contributed by atoms with Crippen LogP contribution in [0.2, 0.25) is 5.15 Å². The Bertz CT molecular complexity index is 420. The first kappa shape index (κ1) is 13.6. The maximum absolute atomic E-state index is 6.12. The van der Waals surface area contributed by atoms with Gasteiger partial charge in [-0.3, -0.25) is 0 Å². The van der Waals surface area contributed by atoms with Gasteiger partial charge in [-0.1, -0.05) is 37.8 Å². The average molecular weight is 268 g/mol. The molecule has 1 aliphatic rings. The summed E-state index contributed by atoms with van der Waals surface area (Å²) >= 11 is 6.12. The van der Waals surface area contributed by atoms with Crippen molar-refractivity contribution in [1.29, 1.82) is 0 Å². The number of nitrogens with zero attached hydrogens (tertiary/aromatic N) is 2. The Morgan fingerprint density at radius 3 is 2.56 bits per heavy atom. The molecule has 1 fully saturated rings. The van der Waals surface area contributed by atoms with E-state index in [1.54, 1.807) is 0 Å². The monoisotopic (exact) mass is 267 g/mol. The standard InChI is InChI=1S/C14H22ClN3/c1-9-6-4-5-7-12(9)8-16-14-13(15)17-10(2)11(3)18-14/h9,12H,4-8H2,1-3H3,(H,16,18). The molecule has 0 saturated heterocycles. The van der Waals surface area contributed by atoms with Crippen molar-refractivity contribution in [2.45, 2.75) is 46.5 Å². The fourth-order valence-electron chi connectivity index (χ4n) is 2.61. The molecule has 0 amide bonds. The molecule has 18 heavy (non-hydrogen) atoms. The third-order valence-electron chi connectivity index (χ3n) is 4.09. The Balaban J connectivity index is 1.99. The third kappa shape index (κ3) is 3.14. The highest BCUT2D eigenvalue weighted by molar-refractivity contribution is 6.31. The van der Waals surface area contributed by atoms with E-state index in [1.165, 1.54) is 25.7 Å². The van der Waals surface area contributed by atoms with Crippen LogP contribution in [-0.4, -0.2) is 16.5 Å².